The molecule has 3 heterocycles. The number of Topliss-reactive ketones (excluding diaryl/α,β-unsaturated/α-hetero) is 1. The maximum absolute atomic E-state index is 16.1. The first-order chi connectivity index (χ1) is 22.3. The van der Waals surface area contributed by atoms with Gasteiger partial charge in [-0.25, -0.2) is 23.5 Å². The number of benzene rings is 1. The number of amides is 2. The second-order valence-electron chi connectivity index (χ2n) is 14.3. The number of halogens is 2. The molecule has 2 fully saturated rings. The number of alkyl carbamates (subject to hydrolysis) is 1. The third kappa shape index (κ3) is 7.46. The lowest BCUT2D eigenvalue weighted by molar-refractivity contribution is -0.141. The summed E-state index contributed by atoms with van der Waals surface area (Å²) in [7, 11) is 1.51. The summed E-state index contributed by atoms with van der Waals surface area (Å²) in [5, 5.41) is 2.83. The fraction of sp³-hybridized carbons (Fsp3) is 0.686. The number of hydrogen-bond donors (Lipinski definition) is 1. The van der Waals surface area contributed by atoms with E-state index in [1.54, 1.807) is 18.2 Å². The van der Waals surface area contributed by atoms with Crippen LogP contribution in [0.2, 0.25) is 0 Å². The number of aromatic nitrogens is 2. The van der Waals surface area contributed by atoms with Gasteiger partial charge in [-0.15, -0.1) is 0 Å². The van der Waals surface area contributed by atoms with E-state index in [0.717, 1.165) is 12.8 Å². The normalized spacial score (nSPS) is 31.0. The molecule has 3 aliphatic rings. The van der Waals surface area contributed by atoms with Gasteiger partial charge in [-0.2, -0.15) is 0 Å². The molecule has 5 rings (SSSR count). The zero-order chi connectivity index (χ0) is 34.0. The molecule has 1 saturated heterocycles. The van der Waals surface area contributed by atoms with Gasteiger partial charge in [-0.3, -0.25) is 9.59 Å². The van der Waals surface area contributed by atoms with Crippen LogP contribution in [0.15, 0.2) is 18.2 Å². The highest BCUT2D eigenvalue weighted by molar-refractivity contribution is 5.92. The molecule has 8 atom stereocenters. The first kappa shape index (κ1) is 34.8. The predicted octanol–water partition coefficient (Wildman–Crippen LogP) is 6.44. The topological polar surface area (TPSA) is 120 Å². The van der Waals surface area contributed by atoms with Gasteiger partial charge in [0.2, 0.25) is 11.8 Å². The Kier molecular flexibility index (Phi) is 10.6. The molecule has 2 aromatic rings. The second kappa shape index (κ2) is 14.3. The maximum atomic E-state index is 16.1. The number of carbonyl (C=O) groups is 3. The summed E-state index contributed by atoms with van der Waals surface area (Å²) in [6, 6.07) is 3.07. The standard InChI is InChI=1S/C35H48F2N4O6/c1-7-22-27-18-41(30(22)19(2)42)33(43)31(35(3,4)5)40-34(44)47-26-14-10-12-20(26)11-8-9-13-23(36)28(37)29-32(46-27)39-25-17-21(45-6)15-16-24(25)38-29/h15-17,20,22-23,26-28,30-31H,7-14,18H2,1-6H3,(H,40,44)/t20-,22?,23?,26-,27+,28?,30-,31-/m1/s1. The van der Waals surface area contributed by atoms with Gasteiger partial charge in [0.15, 0.2) is 12.0 Å². The second-order valence-corrected chi connectivity index (χ2v) is 14.3. The molecular formula is C35H48F2N4O6. The highest BCUT2D eigenvalue weighted by Crippen LogP contribution is 2.39. The van der Waals surface area contributed by atoms with Crippen molar-refractivity contribution in [3.05, 3.63) is 23.9 Å². The van der Waals surface area contributed by atoms with E-state index in [1.165, 1.54) is 18.9 Å². The van der Waals surface area contributed by atoms with E-state index in [4.69, 9.17) is 14.2 Å². The minimum Gasteiger partial charge on any atom is -0.497 e. The lowest BCUT2D eigenvalue weighted by Crippen LogP contribution is -2.57. The number of carbonyl (C=O) groups excluding carboxylic acids is 3. The molecule has 0 spiro atoms. The Labute approximate surface area is 275 Å². The molecule has 2 bridgehead atoms. The van der Waals surface area contributed by atoms with Gasteiger partial charge < -0.3 is 24.4 Å². The molecule has 3 unspecified atom stereocenters. The van der Waals surface area contributed by atoms with Crippen molar-refractivity contribution in [1.29, 1.82) is 0 Å². The van der Waals surface area contributed by atoms with E-state index in [9.17, 15) is 14.4 Å². The van der Waals surface area contributed by atoms with Crippen LogP contribution in [0.4, 0.5) is 13.6 Å². The number of ketones is 1. The Balaban J connectivity index is 1.58. The number of alkyl halides is 2. The fourth-order valence-electron chi connectivity index (χ4n) is 7.46. The van der Waals surface area contributed by atoms with Crippen molar-refractivity contribution in [3.8, 4) is 11.6 Å². The van der Waals surface area contributed by atoms with Crippen molar-refractivity contribution in [2.45, 2.75) is 123 Å². The maximum Gasteiger partial charge on any atom is 0.408 e. The van der Waals surface area contributed by atoms with E-state index < -0.39 is 53.9 Å². The monoisotopic (exact) mass is 658 g/mol. The minimum atomic E-state index is -2.11. The van der Waals surface area contributed by atoms with Gasteiger partial charge >= 0.3 is 6.09 Å². The summed E-state index contributed by atoms with van der Waals surface area (Å²) in [5.74, 6) is -0.745. The molecule has 1 aliphatic carbocycles. The summed E-state index contributed by atoms with van der Waals surface area (Å²) in [4.78, 5) is 51.3. The summed E-state index contributed by atoms with van der Waals surface area (Å²) >= 11 is 0. The van der Waals surface area contributed by atoms with Gasteiger partial charge in [0.05, 0.1) is 30.7 Å². The zero-order valence-corrected chi connectivity index (χ0v) is 28.3. The molecule has 2 aliphatic heterocycles. The highest BCUT2D eigenvalue weighted by Gasteiger charge is 2.50. The Morgan fingerprint density at radius 2 is 1.74 bits per heavy atom. The average Bonchev–Trinajstić information content (AvgIpc) is 3.63. The molecule has 1 saturated carbocycles. The van der Waals surface area contributed by atoms with Crippen LogP contribution >= 0.6 is 0 Å². The Hall–Kier alpha value is -3.57. The van der Waals surface area contributed by atoms with Crippen molar-refractivity contribution < 1.29 is 37.4 Å². The quantitative estimate of drug-likeness (QED) is 0.400. The predicted molar refractivity (Wildman–Crippen MR) is 172 cm³/mol. The highest BCUT2D eigenvalue weighted by atomic mass is 19.2. The third-order valence-corrected chi connectivity index (χ3v) is 10.0. The van der Waals surface area contributed by atoms with Crippen molar-refractivity contribution in [2.24, 2.45) is 17.3 Å². The van der Waals surface area contributed by atoms with Crippen LogP contribution in [0, 0.1) is 17.3 Å². The first-order valence-corrected chi connectivity index (χ1v) is 16.9. The van der Waals surface area contributed by atoms with E-state index in [0.29, 0.717) is 48.9 Å². The summed E-state index contributed by atoms with van der Waals surface area (Å²) in [6.45, 7) is 8.80. The summed E-state index contributed by atoms with van der Waals surface area (Å²) < 4.78 is 49.3. The number of rotatable bonds is 3. The molecule has 47 heavy (non-hydrogen) atoms. The number of hydrogen-bond acceptors (Lipinski definition) is 8. The van der Waals surface area contributed by atoms with Crippen LogP contribution in [0.5, 0.6) is 11.6 Å². The minimum absolute atomic E-state index is 0.0232. The summed E-state index contributed by atoms with van der Waals surface area (Å²) in [6.07, 6.45) is -1.04. The van der Waals surface area contributed by atoms with Gasteiger partial charge in [-0.05, 0) is 68.9 Å². The smallest absolute Gasteiger partial charge is 0.408 e. The van der Waals surface area contributed by atoms with E-state index in [2.05, 4.69) is 15.3 Å². The molecule has 10 nitrogen and oxygen atoms in total. The molecule has 12 heteroatoms. The number of methoxy groups -OCH3 is 1. The van der Waals surface area contributed by atoms with Crippen LogP contribution in [-0.4, -0.2) is 76.8 Å². The largest absolute Gasteiger partial charge is 0.497 e. The van der Waals surface area contributed by atoms with E-state index in [-0.39, 0.29) is 42.3 Å². The molecule has 0 radical (unpaired) electrons. The number of fused-ring (bicyclic) bond motifs is 5. The van der Waals surface area contributed by atoms with Gasteiger partial charge in [0.1, 0.15) is 35.9 Å². The Bertz CT molecular complexity index is 1470. The zero-order valence-electron chi connectivity index (χ0n) is 28.3. The van der Waals surface area contributed by atoms with E-state index in [1.807, 2.05) is 27.7 Å². The lowest BCUT2D eigenvalue weighted by atomic mass is 9.85. The Morgan fingerprint density at radius 3 is 2.43 bits per heavy atom. The van der Waals surface area contributed by atoms with Crippen LogP contribution in [-0.2, 0) is 14.3 Å². The van der Waals surface area contributed by atoms with E-state index >= 15 is 8.78 Å². The van der Waals surface area contributed by atoms with Gasteiger partial charge in [0.25, 0.3) is 0 Å². The Morgan fingerprint density at radius 1 is 1.02 bits per heavy atom. The van der Waals surface area contributed by atoms with Gasteiger partial charge in [-0.1, -0.05) is 40.5 Å². The molecule has 2 amide bonds. The van der Waals surface area contributed by atoms with Crippen LogP contribution in [0.1, 0.15) is 97.9 Å². The molecule has 1 aromatic carbocycles. The summed E-state index contributed by atoms with van der Waals surface area (Å²) in [5.41, 5.74) is -0.252. The average molecular weight is 659 g/mol. The molecule has 258 valence electrons. The lowest BCUT2D eigenvalue weighted by Gasteiger charge is -2.35. The third-order valence-electron chi connectivity index (χ3n) is 10.0. The fourth-order valence-corrected chi connectivity index (χ4v) is 7.46. The number of ether oxygens (including phenoxy) is 3. The SMILES string of the molecule is CCC1[C@@H]2CN(C(=O)[C@H](C(C)(C)C)NC(=O)O[C@@H]3CCC[C@H]3CCCCC(F)C(F)c3nc4ccc(OC)cc4nc3O2)[C@@H]1C(C)=O. The van der Waals surface area contributed by atoms with Crippen LogP contribution < -0.4 is 14.8 Å². The van der Waals surface area contributed by atoms with Crippen LogP contribution in [0.25, 0.3) is 11.0 Å². The van der Waals surface area contributed by atoms with Crippen molar-refractivity contribution in [1.82, 2.24) is 20.2 Å². The molecule has 1 aromatic heterocycles. The number of nitrogens with zero attached hydrogens (tertiary/aromatic N) is 3. The van der Waals surface area contributed by atoms with Crippen LogP contribution in [0.3, 0.4) is 0 Å². The van der Waals surface area contributed by atoms with Crippen molar-refractivity contribution in [2.75, 3.05) is 13.7 Å². The van der Waals surface area contributed by atoms with Gasteiger partial charge in [0, 0.05) is 12.0 Å². The molecule has 1 N–H and O–H groups in total. The van der Waals surface area contributed by atoms with Crippen molar-refractivity contribution >= 4 is 28.8 Å². The molecular weight excluding hydrogens is 610 g/mol. The number of nitrogens with one attached hydrogen (secondary N) is 1. The first-order valence-electron chi connectivity index (χ1n) is 16.9. The van der Waals surface area contributed by atoms with Crippen molar-refractivity contribution in [3.63, 3.8) is 0 Å².